The molecule has 3 aliphatic heterocycles. The molecule has 2 aromatic rings. The van der Waals surface area contributed by atoms with Crippen LogP contribution in [-0.4, -0.2) is 95.7 Å². The van der Waals surface area contributed by atoms with E-state index in [-0.39, 0.29) is 42.8 Å². The van der Waals surface area contributed by atoms with Gasteiger partial charge in [0.05, 0.1) is 24.0 Å². The Kier molecular flexibility index (Phi) is 14.5. The van der Waals surface area contributed by atoms with Crippen molar-refractivity contribution in [3.05, 3.63) is 85.5 Å². The Bertz CT molecular complexity index is 1620. The zero-order valence-electron chi connectivity index (χ0n) is 31.5. The summed E-state index contributed by atoms with van der Waals surface area (Å²) in [5.41, 5.74) is 1.22. The van der Waals surface area contributed by atoms with Gasteiger partial charge in [0.2, 0.25) is 11.8 Å². The lowest BCUT2D eigenvalue weighted by Crippen LogP contribution is -2.57. The van der Waals surface area contributed by atoms with Gasteiger partial charge in [0, 0.05) is 55.4 Å². The number of fused-ring (bicyclic) bond motifs is 1. The number of benzene rings is 2. The highest BCUT2D eigenvalue weighted by atomic mass is 79.9. The number of nitrogens with zero attached hydrogens (tertiary/aromatic N) is 3. The van der Waals surface area contributed by atoms with Crippen molar-refractivity contribution in [1.29, 1.82) is 0 Å². The zero-order chi connectivity index (χ0) is 38.8. The van der Waals surface area contributed by atoms with Gasteiger partial charge in [-0.25, -0.2) is 0 Å². The van der Waals surface area contributed by atoms with Crippen molar-refractivity contribution in [3.63, 3.8) is 0 Å². The maximum Gasteiger partial charge on any atom is 0.306 e. The summed E-state index contributed by atoms with van der Waals surface area (Å²) in [5.74, 6) is -3.15. The van der Waals surface area contributed by atoms with Gasteiger partial charge in [0.1, 0.15) is 18.2 Å². The summed E-state index contributed by atoms with van der Waals surface area (Å²) in [5, 5.41) is 12.4. The Hall–Kier alpha value is -4.00. The summed E-state index contributed by atoms with van der Waals surface area (Å²) in [6.45, 7) is 14.0. The maximum atomic E-state index is 15.0. The first-order valence-electron chi connectivity index (χ1n) is 19.3. The van der Waals surface area contributed by atoms with Crippen LogP contribution in [0.3, 0.4) is 0 Å². The normalized spacial score (nSPS) is 24.5. The number of carbonyl (C=O) groups excluding carboxylic acids is 4. The molecule has 0 saturated carbocycles. The Morgan fingerprint density at radius 3 is 2.37 bits per heavy atom. The number of aliphatic hydroxyl groups excluding tert-OH is 1. The summed E-state index contributed by atoms with van der Waals surface area (Å²) < 4.78 is 12.4. The summed E-state index contributed by atoms with van der Waals surface area (Å²) in [4.78, 5) is 62.0. The Balaban J connectivity index is 1.47. The second kappa shape index (κ2) is 19.0. The molecule has 0 radical (unpaired) electrons. The third-order valence-electron chi connectivity index (χ3n) is 11.0. The van der Waals surface area contributed by atoms with Gasteiger partial charge < -0.3 is 34.6 Å². The zero-order valence-corrected chi connectivity index (χ0v) is 33.1. The third kappa shape index (κ3) is 8.61. The van der Waals surface area contributed by atoms with E-state index in [0.717, 1.165) is 37.2 Å². The Labute approximate surface area is 327 Å². The third-order valence-corrected chi connectivity index (χ3v) is 11.8. The molecule has 1 spiro atoms. The van der Waals surface area contributed by atoms with Gasteiger partial charge >= 0.3 is 5.97 Å². The van der Waals surface area contributed by atoms with Crippen LogP contribution in [0.25, 0.3) is 0 Å². The van der Waals surface area contributed by atoms with E-state index in [2.05, 4.69) is 53.2 Å². The highest BCUT2D eigenvalue weighted by Crippen LogP contribution is 2.60. The molecule has 3 saturated heterocycles. The molecule has 7 atom stereocenters. The smallest absolute Gasteiger partial charge is 0.306 e. The maximum absolute atomic E-state index is 15.0. The van der Waals surface area contributed by atoms with Crippen LogP contribution in [0.1, 0.15) is 70.4 Å². The van der Waals surface area contributed by atoms with Crippen molar-refractivity contribution in [2.75, 3.05) is 49.2 Å². The SMILES string of the molecule is C=CCCC(=O)OC[C@H](NC(=O)[C@@H]1[C@H]2O[C@@]3(CC2Br)[C@H](C(=O)N(CC=C)c2ccc(N(CC)CC)cc2)N(CCCCCCO)C(=O)[C@@H]13)c1ccccc1. The predicted molar refractivity (Wildman–Crippen MR) is 213 cm³/mol. The largest absolute Gasteiger partial charge is 0.463 e. The molecule has 292 valence electrons. The summed E-state index contributed by atoms with van der Waals surface area (Å²) in [6, 6.07) is 15.5. The number of allylic oxidation sites excluding steroid dienone is 1. The van der Waals surface area contributed by atoms with Gasteiger partial charge in [-0.1, -0.05) is 71.3 Å². The average Bonchev–Trinajstić information content (AvgIpc) is 3.78. The molecular formula is C42H55BrN4O7. The number of rotatable bonds is 21. The number of halogens is 1. The van der Waals surface area contributed by atoms with E-state index >= 15 is 4.79 Å². The summed E-state index contributed by atoms with van der Waals surface area (Å²) in [6.07, 6.45) is 6.54. The van der Waals surface area contributed by atoms with Crippen LogP contribution in [-0.2, 0) is 28.7 Å². The molecule has 5 rings (SSSR count). The van der Waals surface area contributed by atoms with Crippen molar-refractivity contribution >= 4 is 51.0 Å². The number of amides is 3. The van der Waals surface area contributed by atoms with E-state index in [9.17, 15) is 19.5 Å². The number of ether oxygens (including phenoxy) is 2. The standard InChI is InChI=1S/C42H55BrN4O7/c1-5-9-19-34(49)53-28-33(29-17-13-12-14-18-29)44-39(50)35-36-40(51)47(25-15-10-11-16-26-48)38(42(36)27-32(43)37(35)54-42)41(52)46(24-6-2)31-22-20-30(21-23-31)45(7-3)8-4/h5-6,12-14,17-18,20-23,32-33,35-38,48H,1-2,7-11,15-16,19,24-28H2,3-4H3,(H,44,50)/t32?,33-,35-,36+,37-,38-,42+/m0/s1. The number of alkyl halides is 1. The molecule has 3 amide bonds. The second-order valence-electron chi connectivity index (χ2n) is 14.2. The van der Waals surface area contributed by atoms with Crippen molar-refractivity contribution in [2.45, 2.75) is 87.4 Å². The van der Waals surface area contributed by atoms with Crippen molar-refractivity contribution in [2.24, 2.45) is 11.8 Å². The fraction of sp³-hybridized carbons (Fsp3) is 0.524. The number of hydrogen-bond donors (Lipinski definition) is 2. The fourth-order valence-electron chi connectivity index (χ4n) is 8.37. The lowest BCUT2D eigenvalue weighted by molar-refractivity contribution is -0.145. The Morgan fingerprint density at radius 2 is 1.72 bits per heavy atom. The van der Waals surface area contributed by atoms with Gasteiger partial charge in [-0.2, -0.15) is 0 Å². The number of hydrogen-bond acceptors (Lipinski definition) is 8. The van der Waals surface area contributed by atoms with Crippen LogP contribution >= 0.6 is 15.9 Å². The van der Waals surface area contributed by atoms with E-state index in [1.54, 1.807) is 22.0 Å². The minimum atomic E-state index is -1.25. The van der Waals surface area contributed by atoms with Crippen LogP contribution in [0.4, 0.5) is 11.4 Å². The molecule has 2 aromatic carbocycles. The fourth-order valence-corrected chi connectivity index (χ4v) is 9.31. The van der Waals surface area contributed by atoms with Gasteiger partial charge in [-0.3, -0.25) is 19.2 Å². The molecule has 11 nitrogen and oxygen atoms in total. The number of aliphatic hydroxyl groups is 1. The van der Waals surface area contributed by atoms with Crippen molar-refractivity contribution in [1.82, 2.24) is 10.2 Å². The molecule has 2 bridgehead atoms. The van der Waals surface area contributed by atoms with Gasteiger partial charge in [0.15, 0.2) is 0 Å². The van der Waals surface area contributed by atoms with E-state index in [1.807, 2.05) is 54.6 Å². The molecule has 12 heteroatoms. The molecule has 0 aliphatic carbocycles. The van der Waals surface area contributed by atoms with Crippen molar-refractivity contribution < 1.29 is 33.8 Å². The molecule has 3 aliphatic rings. The number of nitrogens with one attached hydrogen (secondary N) is 1. The molecule has 3 heterocycles. The molecule has 2 N–H and O–H groups in total. The van der Waals surface area contributed by atoms with E-state index in [1.165, 1.54) is 0 Å². The van der Waals surface area contributed by atoms with E-state index in [0.29, 0.717) is 37.9 Å². The highest BCUT2D eigenvalue weighted by molar-refractivity contribution is 9.09. The average molecular weight is 808 g/mol. The van der Waals surface area contributed by atoms with Crippen LogP contribution in [0.2, 0.25) is 0 Å². The Morgan fingerprint density at radius 1 is 1.04 bits per heavy atom. The van der Waals surface area contributed by atoms with Crippen LogP contribution in [0, 0.1) is 11.8 Å². The number of carbonyl (C=O) groups is 4. The van der Waals surface area contributed by atoms with E-state index in [4.69, 9.17) is 9.47 Å². The molecular weight excluding hydrogens is 752 g/mol. The lowest BCUT2D eigenvalue weighted by atomic mass is 9.70. The first-order chi connectivity index (χ1) is 26.1. The predicted octanol–water partition coefficient (Wildman–Crippen LogP) is 5.72. The van der Waals surface area contributed by atoms with Crippen LogP contribution in [0.5, 0.6) is 0 Å². The quantitative estimate of drug-likeness (QED) is 0.0710. The van der Waals surface area contributed by atoms with Crippen molar-refractivity contribution in [3.8, 4) is 0 Å². The van der Waals surface area contributed by atoms with Gasteiger partial charge in [-0.05, 0) is 69.4 Å². The minimum absolute atomic E-state index is 0.0872. The number of anilines is 2. The number of esters is 1. The molecule has 1 unspecified atom stereocenters. The van der Waals surface area contributed by atoms with Crippen LogP contribution in [0.15, 0.2) is 79.9 Å². The summed E-state index contributed by atoms with van der Waals surface area (Å²) >= 11 is 3.78. The topological polar surface area (TPSA) is 129 Å². The second-order valence-corrected chi connectivity index (χ2v) is 15.4. The van der Waals surface area contributed by atoms with E-state index < -0.39 is 47.5 Å². The van der Waals surface area contributed by atoms with Crippen LogP contribution < -0.4 is 15.1 Å². The first-order valence-corrected chi connectivity index (χ1v) is 20.2. The minimum Gasteiger partial charge on any atom is -0.463 e. The van der Waals surface area contributed by atoms with Gasteiger partial charge in [0.25, 0.3) is 5.91 Å². The molecule has 54 heavy (non-hydrogen) atoms. The number of unbranched alkanes of at least 4 members (excludes halogenated alkanes) is 3. The van der Waals surface area contributed by atoms with Gasteiger partial charge in [-0.15, -0.1) is 13.2 Å². The summed E-state index contributed by atoms with van der Waals surface area (Å²) in [7, 11) is 0. The monoisotopic (exact) mass is 806 g/mol. The highest BCUT2D eigenvalue weighted by Gasteiger charge is 2.76. The number of likely N-dealkylation sites (tertiary alicyclic amines) is 1. The lowest BCUT2D eigenvalue weighted by Gasteiger charge is -2.37. The molecule has 3 fully saturated rings. The molecule has 0 aromatic heterocycles. The first kappa shape index (κ1) is 41.2.